The number of aromatic amines is 2. The zero-order valence-corrected chi connectivity index (χ0v) is 18.9. The Morgan fingerprint density at radius 3 is 1.23 bits per heavy atom. The van der Waals surface area contributed by atoms with Crippen molar-refractivity contribution < 1.29 is 19.1 Å². The Bertz CT molecular complexity index is 893. The van der Waals surface area contributed by atoms with Gasteiger partial charge < -0.3 is 19.4 Å². The fourth-order valence-electron chi connectivity index (χ4n) is 3.81. The minimum absolute atomic E-state index is 0.322. The second kappa shape index (κ2) is 10.7. The maximum Gasteiger partial charge on any atom is 0.355 e. The molecule has 0 radical (unpaired) electrons. The quantitative estimate of drug-likeness (QED) is 0.499. The van der Waals surface area contributed by atoms with E-state index in [1.165, 1.54) is 0 Å². The molecule has 30 heavy (non-hydrogen) atoms. The standard InChI is InChI=1S/C24H32N2O4/c1-7-15-17(9-3)21(23(27)29-11-5)25-19(15)13-14-20-16(8-2)18(10-4)22(26-20)24(28)30-12-6/h25-26H,7-12H2,1-6H3. The average molecular weight is 413 g/mol. The number of rotatable bonds is 8. The zero-order valence-electron chi connectivity index (χ0n) is 18.9. The van der Waals surface area contributed by atoms with Crippen LogP contribution in [-0.2, 0) is 35.2 Å². The summed E-state index contributed by atoms with van der Waals surface area (Å²) in [6, 6.07) is 0. The van der Waals surface area contributed by atoms with Crippen LogP contribution in [0.15, 0.2) is 0 Å². The first-order valence-electron chi connectivity index (χ1n) is 10.8. The first-order valence-corrected chi connectivity index (χ1v) is 10.8. The van der Waals surface area contributed by atoms with E-state index in [0.717, 1.165) is 35.1 Å². The molecule has 0 amide bonds. The zero-order chi connectivity index (χ0) is 22.3. The van der Waals surface area contributed by atoms with Gasteiger partial charge >= 0.3 is 11.9 Å². The van der Waals surface area contributed by atoms with Crippen LogP contribution in [0.4, 0.5) is 0 Å². The number of hydrogen-bond acceptors (Lipinski definition) is 4. The number of carbonyl (C=O) groups is 2. The molecule has 2 aromatic rings. The molecule has 0 aromatic carbocycles. The van der Waals surface area contributed by atoms with E-state index in [4.69, 9.17) is 9.47 Å². The SMILES string of the molecule is CCOC(=O)c1[nH]c(C#Cc2[nH]c(C(=O)OCC)c(CC)c2CC)c(CC)c1CC. The summed E-state index contributed by atoms with van der Waals surface area (Å²) in [4.78, 5) is 31.0. The van der Waals surface area contributed by atoms with E-state index in [-0.39, 0.29) is 11.9 Å². The average Bonchev–Trinajstić information content (AvgIpc) is 3.29. The van der Waals surface area contributed by atoms with E-state index < -0.39 is 0 Å². The lowest BCUT2D eigenvalue weighted by Crippen LogP contribution is -2.08. The second-order valence-corrected chi connectivity index (χ2v) is 6.77. The smallest absolute Gasteiger partial charge is 0.355 e. The van der Waals surface area contributed by atoms with Gasteiger partial charge in [0.05, 0.1) is 24.6 Å². The monoisotopic (exact) mass is 412 g/mol. The van der Waals surface area contributed by atoms with E-state index in [9.17, 15) is 9.59 Å². The molecule has 0 aliphatic carbocycles. The van der Waals surface area contributed by atoms with Crippen molar-refractivity contribution in [2.75, 3.05) is 13.2 Å². The Hall–Kier alpha value is -2.94. The molecule has 0 unspecified atom stereocenters. The van der Waals surface area contributed by atoms with Crippen molar-refractivity contribution in [3.8, 4) is 11.8 Å². The third-order valence-electron chi connectivity index (χ3n) is 5.12. The summed E-state index contributed by atoms with van der Waals surface area (Å²) < 4.78 is 10.4. The first-order chi connectivity index (χ1) is 14.5. The molecule has 6 nitrogen and oxygen atoms in total. The maximum absolute atomic E-state index is 12.3. The van der Waals surface area contributed by atoms with Crippen LogP contribution in [0.1, 0.15) is 96.2 Å². The highest BCUT2D eigenvalue weighted by Gasteiger charge is 2.22. The van der Waals surface area contributed by atoms with Crippen LogP contribution in [0.3, 0.4) is 0 Å². The molecular weight excluding hydrogens is 380 g/mol. The number of esters is 2. The molecule has 0 bridgehead atoms. The Morgan fingerprint density at radius 1 is 0.633 bits per heavy atom. The molecular formula is C24H32N2O4. The molecule has 2 aromatic heterocycles. The number of ether oxygens (including phenoxy) is 2. The van der Waals surface area contributed by atoms with Crippen molar-refractivity contribution in [1.82, 2.24) is 9.97 Å². The topological polar surface area (TPSA) is 84.2 Å². The number of carbonyl (C=O) groups excluding carboxylic acids is 2. The lowest BCUT2D eigenvalue weighted by Gasteiger charge is -2.03. The third kappa shape index (κ3) is 4.62. The molecule has 0 atom stereocenters. The second-order valence-electron chi connectivity index (χ2n) is 6.77. The Kier molecular flexibility index (Phi) is 8.35. The summed E-state index contributed by atoms with van der Waals surface area (Å²) in [5, 5.41) is 0. The van der Waals surface area contributed by atoms with Gasteiger partial charge in [-0.05, 0) is 73.6 Å². The molecule has 2 N–H and O–H groups in total. The summed E-state index contributed by atoms with van der Waals surface area (Å²) in [5.41, 5.74) is 6.33. The van der Waals surface area contributed by atoms with E-state index >= 15 is 0 Å². The number of hydrogen-bond donors (Lipinski definition) is 2. The van der Waals surface area contributed by atoms with E-state index in [2.05, 4.69) is 21.8 Å². The van der Waals surface area contributed by atoms with Gasteiger partial charge in [0.25, 0.3) is 0 Å². The summed E-state index contributed by atoms with van der Waals surface area (Å²) >= 11 is 0. The summed E-state index contributed by atoms with van der Waals surface area (Å²) in [7, 11) is 0. The normalized spacial score (nSPS) is 10.5. The van der Waals surface area contributed by atoms with Crippen molar-refractivity contribution in [2.24, 2.45) is 0 Å². The molecule has 0 fully saturated rings. The van der Waals surface area contributed by atoms with Gasteiger partial charge in [0.15, 0.2) is 0 Å². The highest BCUT2D eigenvalue weighted by Crippen LogP contribution is 2.23. The van der Waals surface area contributed by atoms with Crippen LogP contribution in [0.25, 0.3) is 0 Å². The van der Waals surface area contributed by atoms with Gasteiger partial charge in [0.2, 0.25) is 0 Å². The van der Waals surface area contributed by atoms with Crippen molar-refractivity contribution in [3.05, 3.63) is 45.0 Å². The van der Waals surface area contributed by atoms with Crippen molar-refractivity contribution in [3.63, 3.8) is 0 Å². The van der Waals surface area contributed by atoms with Crippen LogP contribution in [0.5, 0.6) is 0 Å². The van der Waals surface area contributed by atoms with E-state index in [0.29, 0.717) is 48.8 Å². The van der Waals surface area contributed by atoms with Crippen LogP contribution in [0.2, 0.25) is 0 Å². The molecule has 162 valence electrons. The molecule has 0 aliphatic rings. The summed E-state index contributed by atoms with van der Waals surface area (Å²) in [5.74, 6) is 5.66. The number of H-pyrrole nitrogens is 2. The van der Waals surface area contributed by atoms with Crippen LogP contribution in [0, 0.1) is 11.8 Å². The van der Waals surface area contributed by atoms with Crippen LogP contribution in [-0.4, -0.2) is 35.1 Å². The minimum Gasteiger partial charge on any atom is -0.461 e. The first kappa shape index (κ1) is 23.3. The van der Waals surface area contributed by atoms with Gasteiger partial charge in [0.1, 0.15) is 11.4 Å². The fourth-order valence-corrected chi connectivity index (χ4v) is 3.81. The molecule has 2 rings (SSSR count). The molecule has 2 heterocycles. The molecule has 0 aliphatic heterocycles. The fraction of sp³-hybridized carbons (Fsp3) is 0.500. The number of nitrogens with one attached hydrogen (secondary N) is 2. The summed E-state index contributed by atoms with van der Waals surface area (Å²) in [6.45, 7) is 12.3. The van der Waals surface area contributed by atoms with Gasteiger partial charge in [-0.3, -0.25) is 0 Å². The van der Waals surface area contributed by atoms with Crippen LogP contribution < -0.4 is 0 Å². The Labute approximate surface area is 178 Å². The molecule has 6 heteroatoms. The third-order valence-corrected chi connectivity index (χ3v) is 5.12. The van der Waals surface area contributed by atoms with Gasteiger partial charge in [-0.1, -0.05) is 27.7 Å². The maximum atomic E-state index is 12.3. The minimum atomic E-state index is -0.357. The van der Waals surface area contributed by atoms with Gasteiger partial charge in [-0.15, -0.1) is 0 Å². The van der Waals surface area contributed by atoms with E-state index in [1.54, 1.807) is 13.8 Å². The highest BCUT2D eigenvalue weighted by molar-refractivity contribution is 5.91. The molecule has 0 spiro atoms. The molecule has 0 saturated carbocycles. The van der Waals surface area contributed by atoms with Crippen molar-refractivity contribution in [2.45, 2.75) is 67.2 Å². The largest absolute Gasteiger partial charge is 0.461 e. The Balaban J connectivity index is 2.56. The van der Waals surface area contributed by atoms with Gasteiger partial charge in [-0.2, -0.15) is 0 Å². The highest BCUT2D eigenvalue weighted by atomic mass is 16.5. The number of aromatic nitrogens is 2. The lowest BCUT2D eigenvalue weighted by molar-refractivity contribution is 0.0509. The molecule has 0 saturated heterocycles. The summed E-state index contributed by atoms with van der Waals surface area (Å²) in [6.07, 6.45) is 2.93. The van der Waals surface area contributed by atoms with Gasteiger partial charge in [0, 0.05) is 0 Å². The Morgan fingerprint density at radius 2 is 0.967 bits per heavy atom. The van der Waals surface area contributed by atoms with Gasteiger partial charge in [-0.25, -0.2) is 9.59 Å². The lowest BCUT2D eigenvalue weighted by atomic mass is 10.0. The predicted octanol–water partition coefficient (Wildman–Crippen LogP) is 4.35. The van der Waals surface area contributed by atoms with Crippen LogP contribution >= 0.6 is 0 Å². The van der Waals surface area contributed by atoms with E-state index in [1.807, 2.05) is 27.7 Å². The van der Waals surface area contributed by atoms with Crippen molar-refractivity contribution >= 4 is 11.9 Å². The predicted molar refractivity (Wildman–Crippen MR) is 117 cm³/mol. The van der Waals surface area contributed by atoms with Crippen molar-refractivity contribution in [1.29, 1.82) is 0 Å².